The highest BCUT2D eigenvalue weighted by atomic mass is 79.9. The maximum Gasteiger partial charge on any atom is 0.229 e. The monoisotopic (exact) mass is 350 g/mol. The van der Waals surface area contributed by atoms with Crippen molar-refractivity contribution in [1.29, 1.82) is 0 Å². The topological polar surface area (TPSA) is 59.2 Å². The molecule has 20 heavy (non-hydrogen) atoms. The molecular weight excluding hydrogens is 340 g/mol. The van der Waals surface area contributed by atoms with Crippen molar-refractivity contribution in [3.63, 3.8) is 0 Å². The fraction of sp³-hybridized carbons (Fsp3) is 0.143. The lowest BCUT2D eigenvalue weighted by atomic mass is 10.1. The summed E-state index contributed by atoms with van der Waals surface area (Å²) in [6.45, 7) is 0. The van der Waals surface area contributed by atoms with E-state index in [1.165, 1.54) is 11.3 Å². The molecule has 102 valence electrons. The molecule has 0 radical (unpaired) electrons. The summed E-state index contributed by atoms with van der Waals surface area (Å²) in [5.74, 6) is 0.983. The van der Waals surface area contributed by atoms with Crippen molar-refractivity contribution < 1.29 is 9.63 Å². The van der Waals surface area contributed by atoms with E-state index in [0.717, 1.165) is 14.2 Å². The number of hydrogen-bond donors (Lipinski definition) is 1. The Bertz CT molecular complexity index is 696. The number of halogens is 1. The largest absolute Gasteiger partial charge is 0.388 e. The standard InChI is InChI=1S/C14H11BrN2O2S/c15-12-7-6-11(20-12)14-16-13(19-17-14)8-10(18)9-4-2-1-3-5-9/h1-7,10,18H,8H2. The molecule has 1 unspecified atom stereocenters. The SMILES string of the molecule is OC(Cc1nc(-c2ccc(Br)s2)no1)c1ccccc1. The first-order chi connectivity index (χ1) is 9.72. The average Bonchev–Trinajstić information content (AvgIpc) is 3.09. The molecule has 3 rings (SSSR count). The predicted molar refractivity (Wildman–Crippen MR) is 80.4 cm³/mol. The van der Waals surface area contributed by atoms with Crippen molar-refractivity contribution in [3.8, 4) is 10.7 Å². The van der Waals surface area contributed by atoms with E-state index in [2.05, 4.69) is 26.1 Å². The zero-order chi connectivity index (χ0) is 13.9. The van der Waals surface area contributed by atoms with Gasteiger partial charge in [-0.3, -0.25) is 0 Å². The van der Waals surface area contributed by atoms with Gasteiger partial charge in [-0.2, -0.15) is 4.98 Å². The van der Waals surface area contributed by atoms with Gasteiger partial charge >= 0.3 is 0 Å². The van der Waals surface area contributed by atoms with E-state index < -0.39 is 6.10 Å². The lowest BCUT2D eigenvalue weighted by Crippen LogP contribution is -2.01. The number of aliphatic hydroxyl groups is 1. The summed E-state index contributed by atoms with van der Waals surface area (Å²) in [6, 6.07) is 13.3. The molecule has 0 aliphatic heterocycles. The summed E-state index contributed by atoms with van der Waals surface area (Å²) in [7, 11) is 0. The molecule has 2 heterocycles. The van der Waals surface area contributed by atoms with Gasteiger partial charge < -0.3 is 9.63 Å². The zero-order valence-electron chi connectivity index (χ0n) is 10.4. The van der Waals surface area contributed by atoms with Gasteiger partial charge in [-0.15, -0.1) is 11.3 Å². The van der Waals surface area contributed by atoms with E-state index in [1.807, 2.05) is 42.5 Å². The first-order valence-corrected chi connectivity index (χ1v) is 7.64. The number of thiophene rings is 1. The zero-order valence-corrected chi connectivity index (χ0v) is 12.8. The third-order valence-corrected chi connectivity index (χ3v) is 4.43. The molecule has 1 N–H and O–H groups in total. The average molecular weight is 351 g/mol. The summed E-state index contributed by atoms with van der Waals surface area (Å²) in [5, 5.41) is 14.1. The summed E-state index contributed by atoms with van der Waals surface area (Å²) < 4.78 is 6.21. The minimum Gasteiger partial charge on any atom is -0.388 e. The van der Waals surface area contributed by atoms with Gasteiger partial charge in [0, 0.05) is 0 Å². The number of rotatable bonds is 4. The Hall–Kier alpha value is -1.50. The fourth-order valence-electron chi connectivity index (χ4n) is 1.83. The summed E-state index contributed by atoms with van der Waals surface area (Å²) in [4.78, 5) is 5.24. The number of aliphatic hydroxyl groups excluding tert-OH is 1. The molecular formula is C14H11BrN2O2S. The van der Waals surface area contributed by atoms with E-state index in [4.69, 9.17) is 4.52 Å². The summed E-state index contributed by atoms with van der Waals surface area (Å²) >= 11 is 4.94. The Morgan fingerprint density at radius 3 is 2.70 bits per heavy atom. The molecule has 1 aromatic carbocycles. The maximum absolute atomic E-state index is 10.1. The molecule has 0 aliphatic carbocycles. The van der Waals surface area contributed by atoms with Gasteiger partial charge in [0.15, 0.2) is 0 Å². The van der Waals surface area contributed by atoms with E-state index in [9.17, 15) is 5.11 Å². The molecule has 0 bridgehead atoms. The maximum atomic E-state index is 10.1. The van der Waals surface area contributed by atoms with Gasteiger partial charge in [-0.05, 0) is 33.6 Å². The number of hydrogen-bond acceptors (Lipinski definition) is 5. The van der Waals surface area contributed by atoms with Gasteiger partial charge in [0.1, 0.15) is 0 Å². The first kappa shape index (κ1) is 13.5. The smallest absolute Gasteiger partial charge is 0.229 e. The Kier molecular flexibility index (Phi) is 3.95. The van der Waals surface area contributed by atoms with Crippen LogP contribution < -0.4 is 0 Å². The molecule has 0 fully saturated rings. The lowest BCUT2D eigenvalue weighted by molar-refractivity contribution is 0.165. The van der Waals surface area contributed by atoms with Crippen LogP contribution >= 0.6 is 27.3 Å². The minimum atomic E-state index is -0.639. The second-order valence-corrected chi connectivity index (χ2v) is 6.71. The van der Waals surface area contributed by atoms with Gasteiger partial charge in [0.05, 0.1) is 21.2 Å². The van der Waals surface area contributed by atoms with Crippen LogP contribution in [0.25, 0.3) is 10.7 Å². The Labute approximate surface area is 128 Å². The Balaban J connectivity index is 1.74. The number of benzene rings is 1. The predicted octanol–water partition coefficient (Wildman–Crippen LogP) is 3.84. The highest BCUT2D eigenvalue weighted by molar-refractivity contribution is 9.11. The Morgan fingerprint density at radius 1 is 1.20 bits per heavy atom. The van der Waals surface area contributed by atoms with Crippen molar-refractivity contribution in [2.75, 3.05) is 0 Å². The van der Waals surface area contributed by atoms with E-state index in [-0.39, 0.29) is 0 Å². The van der Waals surface area contributed by atoms with Gasteiger partial charge in [-0.1, -0.05) is 35.5 Å². The fourth-order valence-corrected chi connectivity index (χ4v) is 3.14. The molecule has 0 spiro atoms. The third kappa shape index (κ3) is 2.98. The van der Waals surface area contributed by atoms with Crippen LogP contribution in [0.5, 0.6) is 0 Å². The molecule has 2 aromatic heterocycles. The van der Waals surface area contributed by atoms with Gasteiger partial charge in [-0.25, -0.2) is 0 Å². The molecule has 0 aliphatic rings. The third-order valence-electron chi connectivity index (χ3n) is 2.81. The van der Waals surface area contributed by atoms with Crippen LogP contribution in [0.1, 0.15) is 17.6 Å². The van der Waals surface area contributed by atoms with Gasteiger partial charge in [0.2, 0.25) is 11.7 Å². The minimum absolute atomic E-state index is 0.309. The molecule has 1 atom stereocenters. The summed E-state index contributed by atoms with van der Waals surface area (Å²) in [6.07, 6.45) is -0.330. The van der Waals surface area contributed by atoms with Crippen molar-refractivity contribution in [2.24, 2.45) is 0 Å². The van der Waals surface area contributed by atoms with Crippen LogP contribution in [0, 0.1) is 0 Å². The lowest BCUT2D eigenvalue weighted by Gasteiger charge is -2.07. The van der Waals surface area contributed by atoms with Crippen molar-refractivity contribution in [1.82, 2.24) is 10.1 Å². The number of aromatic nitrogens is 2. The van der Waals surface area contributed by atoms with Crippen LogP contribution in [0.15, 0.2) is 50.8 Å². The van der Waals surface area contributed by atoms with E-state index >= 15 is 0 Å². The highest BCUT2D eigenvalue weighted by Crippen LogP contribution is 2.29. The molecule has 0 amide bonds. The molecule has 0 saturated carbocycles. The Morgan fingerprint density at radius 2 is 2.00 bits per heavy atom. The van der Waals surface area contributed by atoms with Crippen molar-refractivity contribution in [3.05, 3.63) is 57.7 Å². The quantitative estimate of drug-likeness (QED) is 0.776. The molecule has 4 nitrogen and oxygen atoms in total. The van der Waals surface area contributed by atoms with Crippen LogP contribution in [0.4, 0.5) is 0 Å². The normalized spacial score (nSPS) is 12.5. The van der Waals surface area contributed by atoms with E-state index in [0.29, 0.717) is 18.1 Å². The second kappa shape index (κ2) is 5.87. The van der Waals surface area contributed by atoms with Crippen LogP contribution in [0.2, 0.25) is 0 Å². The first-order valence-electron chi connectivity index (χ1n) is 6.03. The second-order valence-electron chi connectivity index (χ2n) is 4.25. The number of nitrogens with zero attached hydrogens (tertiary/aromatic N) is 2. The highest BCUT2D eigenvalue weighted by Gasteiger charge is 2.15. The molecule has 3 aromatic rings. The van der Waals surface area contributed by atoms with Crippen LogP contribution in [-0.4, -0.2) is 15.2 Å². The molecule has 6 heteroatoms. The summed E-state index contributed by atoms with van der Waals surface area (Å²) in [5.41, 5.74) is 0.839. The van der Waals surface area contributed by atoms with Crippen molar-refractivity contribution in [2.45, 2.75) is 12.5 Å². The van der Waals surface area contributed by atoms with Crippen LogP contribution in [-0.2, 0) is 6.42 Å². The van der Waals surface area contributed by atoms with Crippen molar-refractivity contribution >= 4 is 27.3 Å². The van der Waals surface area contributed by atoms with Crippen LogP contribution in [0.3, 0.4) is 0 Å². The molecule has 0 saturated heterocycles. The van der Waals surface area contributed by atoms with Gasteiger partial charge in [0.25, 0.3) is 0 Å². The van der Waals surface area contributed by atoms with E-state index in [1.54, 1.807) is 0 Å².